The van der Waals surface area contributed by atoms with E-state index in [0.29, 0.717) is 5.56 Å². The minimum atomic E-state index is -1.16. The molecule has 5 atom stereocenters. The molecule has 3 amide bonds. The lowest BCUT2D eigenvalue weighted by Crippen LogP contribution is -2.57. The van der Waals surface area contributed by atoms with Crippen molar-refractivity contribution in [3.8, 4) is 26.6 Å². The van der Waals surface area contributed by atoms with Gasteiger partial charge >= 0.3 is 0 Å². The third-order valence-corrected chi connectivity index (χ3v) is 14.6. The molecular weight excluding hydrogens is 871 g/mol. The zero-order valence-corrected chi connectivity index (χ0v) is 39.5. The topological polar surface area (TPSA) is 155 Å². The summed E-state index contributed by atoms with van der Waals surface area (Å²) < 4.78 is 18.2. The number of fused-ring (bicyclic) bond motifs is 3. The van der Waals surface area contributed by atoms with E-state index >= 15 is 4.39 Å². The van der Waals surface area contributed by atoms with Gasteiger partial charge in [0.25, 0.3) is 5.91 Å². The van der Waals surface area contributed by atoms with Gasteiger partial charge in [-0.15, -0.1) is 32.9 Å². The van der Waals surface area contributed by atoms with E-state index in [1.54, 1.807) is 61.1 Å². The monoisotopic (exact) mass is 920 g/mol. The number of nitrogens with one attached hydrogen (secondary N) is 2. The first kappa shape index (κ1) is 45.0. The lowest BCUT2D eigenvalue weighted by molar-refractivity contribution is -0.142. The number of benzene rings is 3. The summed E-state index contributed by atoms with van der Waals surface area (Å²) in [7, 11) is 0. The second-order valence-electron chi connectivity index (χ2n) is 17.7. The number of aryl methyl sites for hydroxylation is 3. The molecule has 1 fully saturated rings. The summed E-state index contributed by atoms with van der Waals surface area (Å²) >= 11 is 9.97. The van der Waals surface area contributed by atoms with Crippen LogP contribution in [0, 0.1) is 38.9 Å². The van der Waals surface area contributed by atoms with Crippen LogP contribution < -0.4 is 10.6 Å². The van der Waals surface area contributed by atoms with Crippen LogP contribution in [0.4, 0.5) is 4.39 Å². The molecule has 0 spiro atoms. The molecule has 6 aromatic rings. The van der Waals surface area contributed by atoms with Gasteiger partial charge in [0.1, 0.15) is 34.8 Å². The third kappa shape index (κ3) is 8.41. The summed E-state index contributed by atoms with van der Waals surface area (Å²) in [6, 6.07) is 14.9. The van der Waals surface area contributed by atoms with Crippen LogP contribution in [0.25, 0.3) is 26.6 Å². The summed E-state index contributed by atoms with van der Waals surface area (Å²) in [5.74, 6) is -0.860. The molecule has 0 bridgehead atoms. The van der Waals surface area contributed by atoms with Crippen molar-refractivity contribution in [2.24, 2.45) is 10.4 Å². The Morgan fingerprint density at radius 1 is 0.953 bits per heavy atom. The van der Waals surface area contributed by atoms with E-state index in [2.05, 4.69) is 44.2 Å². The number of rotatable bonds is 9. The van der Waals surface area contributed by atoms with Gasteiger partial charge in [0, 0.05) is 34.5 Å². The maximum Gasteiger partial charge on any atom is 0.253 e. The number of thiazole rings is 1. The Bertz CT molecular complexity index is 2830. The van der Waals surface area contributed by atoms with Crippen LogP contribution in [0.2, 0.25) is 5.02 Å². The number of likely N-dealkylation sites (tertiary alicyclic amines) is 1. The molecule has 2 aliphatic heterocycles. The van der Waals surface area contributed by atoms with Crippen LogP contribution in [0.5, 0.6) is 0 Å². The number of nitrogens with zero attached hydrogens (tertiary/aromatic N) is 6. The number of β-amino-alcohol motifs (C(OH)–C–C–N with tert-alkyl or cyclic N) is 1. The van der Waals surface area contributed by atoms with Crippen molar-refractivity contribution in [2.45, 2.75) is 99.0 Å². The fourth-order valence-electron chi connectivity index (χ4n) is 8.45. The number of aliphatic imine (C=N–C) groups is 1. The molecule has 5 heterocycles. The van der Waals surface area contributed by atoms with Gasteiger partial charge in [0.15, 0.2) is 5.82 Å². The second kappa shape index (κ2) is 17.4. The molecule has 0 aliphatic carbocycles. The van der Waals surface area contributed by atoms with Crippen LogP contribution in [0.1, 0.15) is 108 Å². The van der Waals surface area contributed by atoms with E-state index < -0.39 is 53.2 Å². The summed E-state index contributed by atoms with van der Waals surface area (Å²) in [5, 5.41) is 26.3. The lowest BCUT2D eigenvalue weighted by Gasteiger charge is -2.35. The molecule has 0 saturated carbocycles. The molecule has 3 aromatic carbocycles. The van der Waals surface area contributed by atoms with Crippen molar-refractivity contribution in [1.82, 2.24) is 35.3 Å². The Morgan fingerprint density at radius 2 is 1.62 bits per heavy atom. The molecule has 12 nitrogen and oxygen atoms in total. The Labute approximate surface area is 384 Å². The Hall–Kier alpha value is -5.61. The van der Waals surface area contributed by atoms with E-state index in [1.807, 2.05) is 64.1 Å². The molecule has 1 unspecified atom stereocenters. The summed E-state index contributed by atoms with van der Waals surface area (Å²) in [6.45, 7) is 17.1. The second-order valence-corrected chi connectivity index (χ2v) is 20.2. The number of aliphatic hydroxyl groups is 1. The third-order valence-electron chi connectivity index (χ3n) is 12.2. The first-order valence-electron chi connectivity index (χ1n) is 21.1. The number of carbonyl (C=O) groups excluding carboxylic acids is 3. The maximum absolute atomic E-state index is 16.1. The SMILES string of the molecule is Cc1ncsc1-c1ccc([C@H](C)NC(=O)[C@@H]2C[C@@H](O)CN2C(=O)C(NC(=O)c2cc(F)c(-c3ccc(C4=N[C@@H](C)c5nnc(C)n5-c5sc(C)c(C)c54)cc3)cc2Cl)C(C)(C)C)cc1. The van der Waals surface area contributed by atoms with Crippen molar-refractivity contribution in [3.63, 3.8) is 0 Å². The van der Waals surface area contributed by atoms with E-state index in [1.165, 1.54) is 11.0 Å². The number of amides is 3. The number of halogens is 2. The number of thiophene rings is 1. The van der Waals surface area contributed by atoms with E-state index in [0.717, 1.165) is 71.7 Å². The van der Waals surface area contributed by atoms with Crippen LogP contribution >= 0.6 is 34.3 Å². The van der Waals surface area contributed by atoms with Crippen molar-refractivity contribution in [1.29, 1.82) is 0 Å². The van der Waals surface area contributed by atoms with Crippen molar-refractivity contribution in [2.75, 3.05) is 6.54 Å². The van der Waals surface area contributed by atoms with E-state index in [9.17, 15) is 19.5 Å². The molecule has 3 aromatic heterocycles. The van der Waals surface area contributed by atoms with Gasteiger partial charge in [-0.05, 0) is 81.3 Å². The fourth-order valence-corrected chi connectivity index (χ4v) is 10.7. The average Bonchev–Trinajstić information content (AvgIpc) is 4.02. The van der Waals surface area contributed by atoms with Gasteiger partial charge in [-0.3, -0.25) is 23.9 Å². The van der Waals surface area contributed by atoms with Gasteiger partial charge in [0.05, 0.1) is 44.5 Å². The van der Waals surface area contributed by atoms with Crippen LogP contribution in [0.15, 0.2) is 71.2 Å². The molecule has 8 rings (SSSR count). The number of aromatic nitrogens is 4. The predicted octanol–water partition coefficient (Wildman–Crippen LogP) is 9.04. The highest BCUT2D eigenvalue weighted by Crippen LogP contribution is 2.39. The largest absolute Gasteiger partial charge is 0.391 e. The number of aliphatic hydroxyl groups excluding tert-OH is 1. The number of hydrogen-bond donors (Lipinski definition) is 3. The van der Waals surface area contributed by atoms with Gasteiger partial charge in [-0.1, -0.05) is 80.9 Å². The van der Waals surface area contributed by atoms with Crippen LogP contribution in [0.3, 0.4) is 0 Å². The van der Waals surface area contributed by atoms with E-state index in [-0.39, 0.29) is 35.2 Å². The predicted molar refractivity (Wildman–Crippen MR) is 250 cm³/mol. The van der Waals surface area contributed by atoms with E-state index in [4.69, 9.17) is 16.6 Å². The minimum Gasteiger partial charge on any atom is -0.391 e. The standard InChI is InChI=1S/C48H50ClFN8O4S2/c1-23-27(5)64-47-39(23)40(52-26(4)43-56-55-28(6)58(43)47)31-14-12-30(13-15-31)34-19-36(49)35(20-37(34)50)44(60)54-42(48(7,8)9)46(62)57-21-33(59)18-38(57)45(61)53-24(2)29-10-16-32(17-11-29)41-25(3)51-22-63-41/h10-17,19-20,22,24,26,33,38,42,59H,18,21H2,1-9H3,(H,53,61)(H,54,60)/t24-,26-,33+,38-,42?/m0/s1. The van der Waals surface area contributed by atoms with Gasteiger partial charge in [-0.25, -0.2) is 9.37 Å². The van der Waals surface area contributed by atoms with Gasteiger partial charge in [-0.2, -0.15) is 0 Å². The highest BCUT2D eigenvalue weighted by Gasteiger charge is 2.45. The molecule has 16 heteroatoms. The van der Waals surface area contributed by atoms with Crippen molar-refractivity contribution in [3.05, 3.63) is 127 Å². The average molecular weight is 922 g/mol. The minimum absolute atomic E-state index is 0.00877. The first-order valence-corrected chi connectivity index (χ1v) is 23.2. The quantitative estimate of drug-likeness (QED) is 0.131. The highest BCUT2D eigenvalue weighted by atomic mass is 35.5. The molecule has 2 aliphatic rings. The van der Waals surface area contributed by atoms with Crippen molar-refractivity contribution < 1.29 is 23.9 Å². The Morgan fingerprint density at radius 3 is 2.28 bits per heavy atom. The zero-order valence-electron chi connectivity index (χ0n) is 37.1. The lowest BCUT2D eigenvalue weighted by atomic mass is 9.85. The molecule has 3 N–H and O–H groups in total. The highest BCUT2D eigenvalue weighted by molar-refractivity contribution is 7.15. The zero-order chi connectivity index (χ0) is 45.9. The first-order chi connectivity index (χ1) is 30.3. The molecule has 332 valence electrons. The maximum atomic E-state index is 16.1. The molecular formula is C48H50ClFN8O4S2. The summed E-state index contributed by atoms with van der Waals surface area (Å²) in [4.78, 5) is 55.1. The van der Waals surface area contributed by atoms with Crippen LogP contribution in [-0.4, -0.2) is 77.9 Å². The smallest absolute Gasteiger partial charge is 0.253 e. The molecule has 0 radical (unpaired) electrons. The van der Waals surface area contributed by atoms with Crippen molar-refractivity contribution >= 4 is 57.7 Å². The van der Waals surface area contributed by atoms with Crippen LogP contribution in [-0.2, 0) is 9.59 Å². The fraction of sp³-hybridized carbons (Fsp3) is 0.354. The summed E-state index contributed by atoms with van der Waals surface area (Å²) in [5.41, 5.74) is 8.17. The Balaban J connectivity index is 0.983. The van der Waals surface area contributed by atoms with Gasteiger partial charge in [0.2, 0.25) is 11.8 Å². The Kier molecular flexibility index (Phi) is 12.2. The molecule has 64 heavy (non-hydrogen) atoms. The molecule has 1 saturated heterocycles. The number of carbonyl (C=O) groups is 3. The number of hydrogen-bond acceptors (Lipinski definition) is 10. The summed E-state index contributed by atoms with van der Waals surface area (Å²) in [6.07, 6.45) is -0.918. The normalized spacial score (nSPS) is 18.2. The van der Waals surface area contributed by atoms with Gasteiger partial charge < -0.3 is 20.6 Å².